The number of rotatable bonds is 15. The first-order chi connectivity index (χ1) is 11.1. The van der Waals surface area contributed by atoms with Gasteiger partial charge in [0, 0.05) is 6.92 Å². The molecule has 23 heavy (non-hydrogen) atoms. The second kappa shape index (κ2) is 22.0. The Balaban J connectivity index is 0. The van der Waals surface area contributed by atoms with E-state index in [-0.39, 0.29) is 14.1 Å². The Morgan fingerprint density at radius 2 is 0.913 bits per heavy atom. The molecule has 0 unspecified atom stereocenters. The largest absolute Gasteiger partial charge is 0.481 e. The van der Waals surface area contributed by atoms with E-state index >= 15 is 0 Å². The molecule has 1 N–H and O–H groups in total. The van der Waals surface area contributed by atoms with E-state index in [9.17, 15) is 0 Å². The van der Waals surface area contributed by atoms with Gasteiger partial charge in [-0.1, -0.05) is 114 Å². The fourth-order valence-electron chi connectivity index (χ4n) is 3.01. The zero-order chi connectivity index (χ0) is 17.8. The third kappa shape index (κ3) is 27.2. The second-order valence-corrected chi connectivity index (χ2v) is 10.4. The maximum atomic E-state index is 9.00. The Hall–Kier alpha value is 0.00247. The van der Waals surface area contributed by atoms with Crippen LogP contribution in [0.5, 0.6) is 0 Å². The van der Waals surface area contributed by atoms with Crippen LogP contribution in [0.25, 0.3) is 0 Å². The van der Waals surface area contributed by atoms with Gasteiger partial charge in [0.1, 0.15) is 0 Å². The summed E-state index contributed by atoms with van der Waals surface area (Å²) in [5.74, 6) is -0.833. The van der Waals surface area contributed by atoms with Crippen molar-refractivity contribution < 1.29 is 9.90 Å². The summed E-state index contributed by atoms with van der Waals surface area (Å²) < 4.78 is 0. The van der Waals surface area contributed by atoms with Crippen molar-refractivity contribution >= 4 is 20.1 Å². The monoisotopic (exact) mass is 342 g/mol. The van der Waals surface area contributed by atoms with Gasteiger partial charge >= 0.3 is 0 Å². The number of carboxylic acid groups (broad SMARTS) is 1. The van der Waals surface area contributed by atoms with E-state index in [1.54, 1.807) is 35.1 Å². The van der Waals surface area contributed by atoms with Crippen molar-refractivity contribution in [3.8, 4) is 0 Å². The van der Waals surface area contributed by atoms with E-state index in [0.717, 1.165) is 6.92 Å². The van der Waals surface area contributed by atoms with Gasteiger partial charge in [-0.2, -0.15) is 0 Å². The molecule has 138 valence electrons. The summed E-state index contributed by atoms with van der Waals surface area (Å²) in [4.78, 5) is 9.00. The minimum atomic E-state index is -0.833. The molecule has 0 saturated carbocycles. The summed E-state index contributed by atoms with van der Waals surface area (Å²) in [6.45, 7) is 8.05. The topological polar surface area (TPSA) is 37.3 Å². The molecule has 0 radical (unpaired) electrons. The zero-order valence-electron chi connectivity index (χ0n) is 16.5. The lowest BCUT2D eigenvalue weighted by Gasteiger charge is -2.11. The molecule has 0 rings (SSSR count). The number of carbonyl (C=O) groups is 1. The normalized spacial score (nSPS) is 10.1. The van der Waals surface area contributed by atoms with Crippen molar-refractivity contribution in [1.82, 2.24) is 0 Å². The van der Waals surface area contributed by atoms with Crippen LogP contribution in [0.2, 0.25) is 15.8 Å². The van der Waals surface area contributed by atoms with Gasteiger partial charge < -0.3 is 5.11 Å². The smallest absolute Gasteiger partial charge is 0.300 e. The molecule has 0 fully saturated rings. The summed E-state index contributed by atoms with van der Waals surface area (Å²) in [5, 5.41) is 12.4. The maximum Gasteiger partial charge on any atom is 0.300 e. The molecule has 0 aromatic carbocycles. The summed E-state index contributed by atoms with van der Waals surface area (Å²) in [6.07, 6.45) is 17.7. The van der Waals surface area contributed by atoms with Gasteiger partial charge in [0.05, 0.1) is 0 Å². The van der Waals surface area contributed by atoms with Crippen molar-refractivity contribution in [1.29, 1.82) is 0 Å². The first-order valence-electron chi connectivity index (χ1n) is 10.3. The molecule has 0 aliphatic heterocycles. The number of carboxylic acids is 1. The molecule has 0 aromatic rings. The van der Waals surface area contributed by atoms with E-state index in [0.29, 0.717) is 0 Å². The van der Waals surface area contributed by atoms with E-state index in [1.165, 1.54) is 57.8 Å². The first-order valence-corrected chi connectivity index (χ1v) is 12.7. The predicted octanol–water partition coefficient (Wildman–Crippen LogP) is 7.31. The molecule has 2 nitrogen and oxygen atoms in total. The van der Waals surface area contributed by atoms with Crippen LogP contribution >= 0.6 is 0 Å². The van der Waals surface area contributed by atoms with Crippen LogP contribution in [0, 0.1) is 0 Å². The lowest BCUT2D eigenvalue weighted by molar-refractivity contribution is -0.134. The van der Waals surface area contributed by atoms with Gasteiger partial charge in [-0.15, -0.1) is 0 Å². The molecule has 0 heterocycles. The predicted molar refractivity (Wildman–Crippen MR) is 106 cm³/mol. The lowest BCUT2D eigenvalue weighted by atomic mass is 10.2. The Morgan fingerprint density at radius 1 is 0.652 bits per heavy atom. The molecular formula is C20H43AlO2. The van der Waals surface area contributed by atoms with Crippen LogP contribution in [-0.4, -0.2) is 25.2 Å². The molecule has 0 spiro atoms. The van der Waals surface area contributed by atoms with Crippen LogP contribution in [0.4, 0.5) is 0 Å². The van der Waals surface area contributed by atoms with Gasteiger partial charge in [0.2, 0.25) is 0 Å². The number of hydrogen-bond acceptors (Lipinski definition) is 1. The fraction of sp³-hybridized carbons (Fsp3) is 0.950. The highest BCUT2D eigenvalue weighted by Gasteiger charge is 2.15. The molecule has 0 amide bonds. The highest BCUT2D eigenvalue weighted by atomic mass is 27.2. The van der Waals surface area contributed by atoms with Crippen molar-refractivity contribution in [3.05, 3.63) is 0 Å². The van der Waals surface area contributed by atoms with Gasteiger partial charge in [0.25, 0.3) is 20.1 Å². The minimum absolute atomic E-state index is 0.362. The van der Waals surface area contributed by atoms with Crippen LogP contribution in [-0.2, 0) is 4.79 Å². The average Bonchev–Trinajstić information content (AvgIpc) is 2.50. The highest BCUT2D eigenvalue weighted by Crippen LogP contribution is 2.19. The van der Waals surface area contributed by atoms with Crippen LogP contribution in [0.1, 0.15) is 105 Å². The molecular weight excluding hydrogens is 299 g/mol. The Bertz CT molecular complexity index is 199. The van der Waals surface area contributed by atoms with E-state index in [1.807, 2.05) is 0 Å². The summed E-state index contributed by atoms with van der Waals surface area (Å²) in [5.41, 5.74) is 0. The fourth-order valence-corrected chi connectivity index (χ4v) is 6.48. The van der Waals surface area contributed by atoms with Crippen LogP contribution in [0.3, 0.4) is 0 Å². The quantitative estimate of drug-likeness (QED) is 0.250. The van der Waals surface area contributed by atoms with Crippen molar-refractivity contribution in [2.75, 3.05) is 0 Å². The standard InChI is InChI=1S/3C6H13.C2H4O2.Al/c3*1-3-5-6-4-2;1-2(3)4;/h3*1,3-6H2,2H3;1H3,(H,3,4);. The van der Waals surface area contributed by atoms with Gasteiger partial charge in [-0.25, -0.2) is 0 Å². The Morgan fingerprint density at radius 3 is 1.13 bits per heavy atom. The molecule has 0 atom stereocenters. The molecule has 3 heteroatoms. The first kappa shape index (κ1) is 25.2. The number of hydrogen-bond donors (Lipinski definition) is 1. The van der Waals surface area contributed by atoms with Gasteiger partial charge in [-0.3, -0.25) is 4.79 Å². The summed E-state index contributed by atoms with van der Waals surface area (Å²) in [7, 11) is 0. The van der Waals surface area contributed by atoms with Crippen molar-refractivity contribution in [2.45, 2.75) is 121 Å². The highest BCUT2D eigenvalue weighted by molar-refractivity contribution is 6.58. The van der Waals surface area contributed by atoms with Crippen molar-refractivity contribution in [3.63, 3.8) is 0 Å². The molecule has 0 aromatic heterocycles. The van der Waals surface area contributed by atoms with Gasteiger partial charge in [-0.05, 0) is 0 Å². The molecule has 0 saturated heterocycles. The Labute approximate surface area is 150 Å². The molecule has 0 aliphatic carbocycles. The van der Waals surface area contributed by atoms with E-state index in [4.69, 9.17) is 9.90 Å². The van der Waals surface area contributed by atoms with Crippen LogP contribution < -0.4 is 0 Å². The third-order valence-corrected chi connectivity index (χ3v) is 8.07. The minimum Gasteiger partial charge on any atom is -0.481 e. The average molecular weight is 343 g/mol. The van der Waals surface area contributed by atoms with Crippen LogP contribution in [0.15, 0.2) is 0 Å². The third-order valence-electron chi connectivity index (χ3n) is 4.40. The van der Waals surface area contributed by atoms with E-state index in [2.05, 4.69) is 20.8 Å². The maximum absolute atomic E-state index is 9.00. The lowest BCUT2D eigenvalue weighted by Crippen LogP contribution is -2.11. The van der Waals surface area contributed by atoms with Crippen molar-refractivity contribution in [2.24, 2.45) is 0 Å². The summed E-state index contributed by atoms with van der Waals surface area (Å²) >= 11 is -0.362. The molecule has 0 aliphatic rings. The molecule has 0 bridgehead atoms. The number of unbranched alkanes of at least 4 members (excludes halogenated alkanes) is 9. The zero-order valence-corrected chi connectivity index (χ0v) is 17.7. The SMILES string of the molecule is CC(=O)O.CCCCC[CH2][Al]([CH2]CCCCC)[CH2]CCCCC. The Kier molecular flexibility index (Phi) is 24.2. The second-order valence-electron chi connectivity index (χ2n) is 6.93. The van der Waals surface area contributed by atoms with Gasteiger partial charge in [0.15, 0.2) is 0 Å². The summed E-state index contributed by atoms with van der Waals surface area (Å²) in [6, 6.07) is 0. The number of aliphatic carboxylic acids is 1. The van der Waals surface area contributed by atoms with E-state index < -0.39 is 5.97 Å².